The molecule has 0 bridgehead atoms. The molecule has 1 aliphatic rings. The van der Waals surface area contributed by atoms with E-state index in [2.05, 4.69) is 47.1 Å². The van der Waals surface area contributed by atoms with Crippen molar-refractivity contribution in [3.63, 3.8) is 0 Å². The van der Waals surface area contributed by atoms with Crippen LogP contribution in [-0.2, 0) is 6.54 Å². The van der Waals surface area contributed by atoms with Gasteiger partial charge in [0.25, 0.3) is 0 Å². The number of hydrogen-bond donors (Lipinski definition) is 1. The number of rotatable bonds is 4. The van der Waals surface area contributed by atoms with Crippen molar-refractivity contribution in [1.82, 2.24) is 20.0 Å². The molecule has 4 heteroatoms. The number of nitrogens with one attached hydrogen (secondary N) is 1. The largest absolute Gasteiger partial charge is 0.319 e. The molecule has 1 aromatic rings. The molecule has 2 rings (SSSR count). The summed E-state index contributed by atoms with van der Waals surface area (Å²) >= 11 is 0. The third-order valence-electron chi connectivity index (χ3n) is 4.08. The van der Waals surface area contributed by atoms with Crippen LogP contribution in [-0.4, -0.2) is 41.9 Å². The van der Waals surface area contributed by atoms with Gasteiger partial charge in [-0.05, 0) is 58.9 Å². The summed E-state index contributed by atoms with van der Waals surface area (Å²) in [5, 5.41) is 7.80. The summed E-state index contributed by atoms with van der Waals surface area (Å²) in [6, 6.07) is 2.70. The maximum atomic E-state index is 4.44. The van der Waals surface area contributed by atoms with Crippen LogP contribution >= 0.6 is 0 Å². The van der Waals surface area contributed by atoms with Crippen molar-refractivity contribution in [2.75, 3.05) is 27.2 Å². The minimum absolute atomic E-state index is 0.502. The van der Waals surface area contributed by atoms with Crippen LogP contribution in [0, 0.1) is 5.92 Å². The summed E-state index contributed by atoms with van der Waals surface area (Å²) in [7, 11) is 4.31. The average Bonchev–Trinajstić information content (AvgIpc) is 2.75. The third kappa shape index (κ3) is 2.75. The van der Waals surface area contributed by atoms with E-state index in [0.717, 1.165) is 13.1 Å². The second-order valence-electron chi connectivity index (χ2n) is 5.31. The highest BCUT2D eigenvalue weighted by Crippen LogP contribution is 2.33. The zero-order chi connectivity index (χ0) is 13.0. The van der Waals surface area contributed by atoms with Gasteiger partial charge in [-0.25, -0.2) is 0 Å². The van der Waals surface area contributed by atoms with Crippen LogP contribution < -0.4 is 5.32 Å². The number of hydrogen-bond acceptors (Lipinski definition) is 3. The first kappa shape index (κ1) is 13.6. The molecule has 0 radical (unpaired) electrons. The van der Waals surface area contributed by atoms with Crippen LogP contribution in [0.25, 0.3) is 0 Å². The quantitative estimate of drug-likeness (QED) is 0.886. The van der Waals surface area contributed by atoms with Gasteiger partial charge in [-0.1, -0.05) is 6.42 Å². The monoisotopic (exact) mass is 250 g/mol. The fourth-order valence-electron chi connectivity index (χ4n) is 3.23. The highest BCUT2D eigenvalue weighted by molar-refractivity contribution is 5.10. The van der Waals surface area contributed by atoms with Crippen LogP contribution in [0.1, 0.15) is 37.9 Å². The Kier molecular flexibility index (Phi) is 4.78. The summed E-state index contributed by atoms with van der Waals surface area (Å²) in [6.07, 6.45) is 5.90. The lowest BCUT2D eigenvalue weighted by atomic mass is 9.92. The van der Waals surface area contributed by atoms with E-state index in [1.807, 2.05) is 6.20 Å². The molecule has 1 aromatic heterocycles. The summed E-state index contributed by atoms with van der Waals surface area (Å²) < 4.78 is 2.15. The van der Waals surface area contributed by atoms with Gasteiger partial charge in [-0.2, -0.15) is 5.10 Å². The number of likely N-dealkylation sites (tertiary alicyclic amines) is 1. The molecular weight excluding hydrogens is 224 g/mol. The second-order valence-corrected chi connectivity index (χ2v) is 5.31. The van der Waals surface area contributed by atoms with Crippen LogP contribution in [0.2, 0.25) is 0 Å². The molecule has 0 amide bonds. The molecule has 2 atom stereocenters. The summed E-state index contributed by atoms with van der Waals surface area (Å²) in [5.74, 6) is 0.685. The lowest BCUT2D eigenvalue weighted by Gasteiger charge is -2.32. The van der Waals surface area contributed by atoms with Crippen molar-refractivity contribution in [1.29, 1.82) is 0 Å². The Balaban J connectivity index is 2.28. The lowest BCUT2D eigenvalue weighted by molar-refractivity contribution is 0.180. The molecule has 0 aromatic carbocycles. The van der Waals surface area contributed by atoms with Gasteiger partial charge >= 0.3 is 0 Å². The number of aryl methyl sites for hydroxylation is 1. The molecule has 2 unspecified atom stereocenters. The molecule has 0 spiro atoms. The Morgan fingerprint density at radius 1 is 1.44 bits per heavy atom. The van der Waals surface area contributed by atoms with Crippen LogP contribution in [0.3, 0.4) is 0 Å². The van der Waals surface area contributed by atoms with E-state index in [9.17, 15) is 0 Å². The predicted octanol–water partition coefficient (Wildman–Crippen LogP) is 1.90. The predicted molar refractivity (Wildman–Crippen MR) is 74.5 cm³/mol. The first-order valence-electron chi connectivity index (χ1n) is 7.14. The van der Waals surface area contributed by atoms with Crippen LogP contribution in [0.15, 0.2) is 12.3 Å². The average molecular weight is 250 g/mol. The van der Waals surface area contributed by atoms with Crippen LogP contribution in [0.5, 0.6) is 0 Å². The van der Waals surface area contributed by atoms with Gasteiger partial charge in [0.1, 0.15) is 0 Å². The van der Waals surface area contributed by atoms with Gasteiger partial charge in [-0.15, -0.1) is 0 Å². The topological polar surface area (TPSA) is 33.1 Å². The van der Waals surface area contributed by atoms with Gasteiger partial charge in [0.2, 0.25) is 0 Å². The Bertz CT molecular complexity index is 360. The fraction of sp³-hybridized carbons (Fsp3) is 0.786. The number of aromatic nitrogens is 2. The molecule has 1 aliphatic heterocycles. The first-order chi connectivity index (χ1) is 8.77. The Morgan fingerprint density at radius 3 is 3.00 bits per heavy atom. The van der Waals surface area contributed by atoms with Crippen molar-refractivity contribution in [3.8, 4) is 0 Å². The standard InChI is InChI=1S/C14H26N4/c1-4-18-13(8-9-16-18)14-12(11-15-2)7-5-6-10-17(14)3/h8-9,12,14-15H,4-7,10-11H2,1-3H3. The number of nitrogens with zero attached hydrogens (tertiary/aromatic N) is 3. The van der Waals surface area contributed by atoms with E-state index in [1.165, 1.54) is 31.5 Å². The Labute approximate surface area is 110 Å². The summed E-state index contributed by atoms with van der Waals surface area (Å²) in [4.78, 5) is 2.51. The highest BCUT2D eigenvalue weighted by Gasteiger charge is 2.30. The molecule has 102 valence electrons. The van der Waals surface area contributed by atoms with E-state index < -0.39 is 0 Å². The molecule has 18 heavy (non-hydrogen) atoms. The molecule has 0 saturated carbocycles. The second kappa shape index (κ2) is 6.34. The molecule has 1 saturated heterocycles. The summed E-state index contributed by atoms with van der Waals surface area (Å²) in [6.45, 7) is 5.41. The van der Waals surface area contributed by atoms with Gasteiger partial charge in [0.15, 0.2) is 0 Å². The van der Waals surface area contributed by atoms with E-state index in [1.54, 1.807) is 0 Å². The fourth-order valence-corrected chi connectivity index (χ4v) is 3.23. The Hall–Kier alpha value is -0.870. The smallest absolute Gasteiger partial charge is 0.0558 e. The van der Waals surface area contributed by atoms with Crippen molar-refractivity contribution in [3.05, 3.63) is 18.0 Å². The Morgan fingerprint density at radius 2 is 2.28 bits per heavy atom. The maximum absolute atomic E-state index is 4.44. The van der Waals surface area contributed by atoms with E-state index in [-0.39, 0.29) is 0 Å². The molecule has 2 heterocycles. The van der Waals surface area contributed by atoms with Gasteiger partial charge in [0, 0.05) is 12.7 Å². The summed E-state index contributed by atoms with van der Waals surface area (Å²) in [5.41, 5.74) is 1.38. The normalized spacial score (nSPS) is 26.2. The molecular formula is C14H26N4. The molecule has 1 fully saturated rings. The minimum atomic E-state index is 0.502. The van der Waals surface area contributed by atoms with Crippen molar-refractivity contribution < 1.29 is 0 Å². The highest BCUT2D eigenvalue weighted by atomic mass is 15.3. The van der Waals surface area contributed by atoms with E-state index in [4.69, 9.17) is 0 Å². The first-order valence-corrected chi connectivity index (χ1v) is 7.14. The molecule has 4 nitrogen and oxygen atoms in total. The molecule has 1 N–H and O–H groups in total. The maximum Gasteiger partial charge on any atom is 0.0558 e. The third-order valence-corrected chi connectivity index (χ3v) is 4.08. The van der Waals surface area contributed by atoms with E-state index in [0.29, 0.717) is 12.0 Å². The SMILES string of the molecule is CCn1nccc1C1C(CNC)CCCCN1C. The van der Waals surface area contributed by atoms with Crippen molar-refractivity contribution in [2.24, 2.45) is 5.92 Å². The lowest BCUT2D eigenvalue weighted by Crippen LogP contribution is -2.35. The zero-order valence-electron chi connectivity index (χ0n) is 11.9. The minimum Gasteiger partial charge on any atom is -0.319 e. The van der Waals surface area contributed by atoms with Gasteiger partial charge in [-0.3, -0.25) is 9.58 Å². The van der Waals surface area contributed by atoms with Crippen LogP contribution in [0.4, 0.5) is 0 Å². The van der Waals surface area contributed by atoms with Gasteiger partial charge in [0.05, 0.1) is 11.7 Å². The van der Waals surface area contributed by atoms with Crippen molar-refractivity contribution >= 4 is 0 Å². The van der Waals surface area contributed by atoms with Crippen molar-refractivity contribution in [2.45, 2.75) is 38.8 Å². The van der Waals surface area contributed by atoms with Gasteiger partial charge < -0.3 is 5.32 Å². The zero-order valence-corrected chi connectivity index (χ0v) is 11.9. The van der Waals surface area contributed by atoms with E-state index >= 15 is 0 Å². The molecule has 0 aliphatic carbocycles.